The molecule has 0 bridgehead atoms. The Labute approximate surface area is 349 Å². The first-order chi connectivity index (χ1) is 26.7. The number of pyridine rings is 1. The van der Waals surface area contributed by atoms with E-state index in [0.717, 1.165) is 67.1 Å². The van der Waals surface area contributed by atoms with Gasteiger partial charge in [0.15, 0.2) is 0 Å². The molecular weight excluding hydrogens is 882 g/mol. The van der Waals surface area contributed by atoms with Crippen LogP contribution in [-0.2, 0) is 26.5 Å². The molecule has 4 heterocycles. The molecule has 0 saturated carbocycles. The topological polar surface area (TPSA) is 49.8 Å². The SMILES string of the molecule is Cc1cc(C)c2c(c1)c1cc(C)cc(C)c1n2-c1c(C)cnc(-n2c3[c-]c(Oc4[c-]c(-n5nc(C)cc5C)cc(C(C)(C)C)c4)ccc3c3ccccc32)c1C.[Pt+2]. The molecule has 0 atom stereocenters. The number of hydrogen-bond acceptors (Lipinski definition) is 3. The second-order valence-electron chi connectivity index (χ2n) is 16.8. The number of nitrogens with zero attached hydrogens (tertiary/aromatic N) is 5. The number of benzene rings is 5. The second-order valence-corrected chi connectivity index (χ2v) is 16.8. The number of hydrogen-bond donors (Lipinski definition) is 0. The van der Waals surface area contributed by atoms with E-state index in [0.29, 0.717) is 11.5 Å². The molecule has 6 nitrogen and oxygen atoms in total. The van der Waals surface area contributed by atoms with Gasteiger partial charge in [0.2, 0.25) is 0 Å². The van der Waals surface area contributed by atoms with Gasteiger partial charge < -0.3 is 13.9 Å². The molecule has 5 aromatic carbocycles. The number of aryl methyl sites for hydroxylation is 7. The zero-order chi connectivity index (χ0) is 39.4. The van der Waals surface area contributed by atoms with Crippen molar-refractivity contribution >= 4 is 43.6 Å². The van der Waals surface area contributed by atoms with Gasteiger partial charge in [-0.15, -0.1) is 41.3 Å². The van der Waals surface area contributed by atoms with Crippen molar-refractivity contribution in [3.8, 4) is 28.7 Å². The van der Waals surface area contributed by atoms with Crippen LogP contribution < -0.4 is 4.74 Å². The van der Waals surface area contributed by atoms with Gasteiger partial charge in [-0.3, -0.25) is 4.68 Å². The third-order valence-electron chi connectivity index (χ3n) is 11.2. The van der Waals surface area contributed by atoms with E-state index >= 15 is 0 Å². The first-order valence-corrected chi connectivity index (χ1v) is 19.4. The Kier molecular flexibility index (Phi) is 9.36. The van der Waals surface area contributed by atoms with Crippen LogP contribution in [0.25, 0.3) is 60.8 Å². The van der Waals surface area contributed by atoms with Crippen molar-refractivity contribution in [3.63, 3.8) is 0 Å². The molecule has 7 heteroatoms. The summed E-state index contributed by atoms with van der Waals surface area (Å²) in [7, 11) is 0. The summed E-state index contributed by atoms with van der Waals surface area (Å²) in [6.07, 6.45) is 2.02. The summed E-state index contributed by atoms with van der Waals surface area (Å²) >= 11 is 0. The van der Waals surface area contributed by atoms with Crippen LogP contribution in [-0.4, -0.2) is 23.9 Å². The van der Waals surface area contributed by atoms with Gasteiger partial charge in [0.05, 0.1) is 22.4 Å². The fourth-order valence-electron chi connectivity index (χ4n) is 8.82. The van der Waals surface area contributed by atoms with Crippen LogP contribution >= 0.6 is 0 Å². The Bertz CT molecular complexity index is 3010. The summed E-state index contributed by atoms with van der Waals surface area (Å²) in [4.78, 5) is 5.20. The second kappa shape index (κ2) is 13.9. The van der Waals surface area contributed by atoms with Crippen molar-refractivity contribution in [1.29, 1.82) is 0 Å². The Morgan fingerprint density at radius 1 is 0.632 bits per heavy atom. The van der Waals surface area contributed by atoms with Crippen molar-refractivity contribution in [2.45, 2.75) is 81.6 Å². The normalized spacial score (nSPS) is 12.0. The zero-order valence-electron chi connectivity index (χ0n) is 34.5. The summed E-state index contributed by atoms with van der Waals surface area (Å²) in [6, 6.07) is 35.5. The molecule has 4 aromatic heterocycles. The van der Waals surface area contributed by atoms with Gasteiger partial charge in [0.1, 0.15) is 5.82 Å². The van der Waals surface area contributed by atoms with E-state index in [4.69, 9.17) is 14.8 Å². The molecule has 57 heavy (non-hydrogen) atoms. The summed E-state index contributed by atoms with van der Waals surface area (Å²) in [6.45, 7) is 23.9. The number of para-hydroxylation sites is 1. The van der Waals surface area contributed by atoms with Crippen LogP contribution in [0, 0.1) is 67.5 Å². The van der Waals surface area contributed by atoms with Gasteiger partial charge in [0.25, 0.3) is 0 Å². The number of fused-ring (bicyclic) bond motifs is 6. The summed E-state index contributed by atoms with van der Waals surface area (Å²) < 4.78 is 13.4. The van der Waals surface area contributed by atoms with E-state index in [9.17, 15) is 0 Å². The quantitative estimate of drug-likeness (QED) is 0.162. The fourth-order valence-corrected chi connectivity index (χ4v) is 8.82. The van der Waals surface area contributed by atoms with Crippen LogP contribution in [0.2, 0.25) is 0 Å². The molecule has 0 amide bonds. The molecular formula is C50H47N5OPt. The largest absolute Gasteiger partial charge is 2.00 e. The number of aromatic nitrogens is 5. The minimum absolute atomic E-state index is 0. The minimum atomic E-state index is -0.115. The molecule has 0 radical (unpaired) electrons. The molecule has 0 aliphatic heterocycles. The average Bonchev–Trinajstić information content (AvgIpc) is 3.76. The molecule has 0 fully saturated rings. The molecule has 0 saturated heterocycles. The fraction of sp³-hybridized carbons (Fsp3) is 0.240. The van der Waals surface area contributed by atoms with Gasteiger partial charge in [-0.2, -0.15) is 11.2 Å². The third kappa shape index (κ3) is 6.30. The Hall–Kier alpha value is -5.45. The summed E-state index contributed by atoms with van der Waals surface area (Å²) in [5, 5.41) is 9.54. The molecule has 288 valence electrons. The molecule has 0 unspecified atom stereocenters. The van der Waals surface area contributed by atoms with Crippen molar-refractivity contribution in [1.82, 2.24) is 23.9 Å². The van der Waals surface area contributed by atoms with Gasteiger partial charge in [-0.1, -0.05) is 67.7 Å². The van der Waals surface area contributed by atoms with E-state index in [2.05, 4.69) is 163 Å². The molecule has 0 N–H and O–H groups in total. The average molecular weight is 929 g/mol. The van der Waals surface area contributed by atoms with Gasteiger partial charge in [-0.25, -0.2) is 4.98 Å². The minimum Gasteiger partial charge on any atom is -0.509 e. The molecule has 0 aliphatic rings. The summed E-state index contributed by atoms with van der Waals surface area (Å²) in [5.41, 5.74) is 16.7. The summed E-state index contributed by atoms with van der Waals surface area (Å²) in [5.74, 6) is 2.09. The smallest absolute Gasteiger partial charge is 0.509 e. The van der Waals surface area contributed by atoms with Crippen molar-refractivity contribution in [3.05, 3.63) is 148 Å². The van der Waals surface area contributed by atoms with Crippen molar-refractivity contribution in [2.24, 2.45) is 0 Å². The third-order valence-corrected chi connectivity index (χ3v) is 11.2. The number of rotatable bonds is 5. The van der Waals surface area contributed by atoms with Crippen LogP contribution in [0.15, 0.2) is 85.1 Å². The monoisotopic (exact) mass is 928 g/mol. The van der Waals surface area contributed by atoms with Gasteiger partial charge in [0, 0.05) is 45.2 Å². The Balaban J connectivity index is 0.00000455. The molecule has 0 spiro atoms. The van der Waals surface area contributed by atoms with Crippen molar-refractivity contribution in [2.75, 3.05) is 0 Å². The van der Waals surface area contributed by atoms with E-state index < -0.39 is 0 Å². The maximum atomic E-state index is 6.70. The van der Waals surface area contributed by atoms with Crippen LogP contribution in [0.4, 0.5) is 0 Å². The maximum absolute atomic E-state index is 6.70. The number of ether oxygens (including phenoxy) is 1. The van der Waals surface area contributed by atoms with E-state index in [-0.39, 0.29) is 26.5 Å². The predicted molar refractivity (Wildman–Crippen MR) is 231 cm³/mol. The van der Waals surface area contributed by atoms with Crippen LogP contribution in [0.5, 0.6) is 11.5 Å². The zero-order valence-corrected chi connectivity index (χ0v) is 36.8. The molecule has 0 aliphatic carbocycles. The standard InChI is InChI=1S/C50H47N5O.Pt/c1-28-18-30(3)47-42(20-28)43-21-29(2)19-31(4)48(43)54(47)46-32(5)27-51-49(35(46)8)53-44-15-13-12-14-40(44)41-17-16-38(26-45(41)53)56-39-24-36(50(9,10)11)23-37(25-39)55-34(7)22-33(6)52-55;/h12-24,27H,1-11H3;/q-2;+2. The van der Waals surface area contributed by atoms with E-state index in [1.165, 1.54) is 44.1 Å². The Morgan fingerprint density at radius 2 is 1.30 bits per heavy atom. The van der Waals surface area contributed by atoms with Crippen molar-refractivity contribution < 1.29 is 25.8 Å². The maximum Gasteiger partial charge on any atom is 2.00 e. The Morgan fingerprint density at radius 3 is 1.93 bits per heavy atom. The molecule has 9 aromatic rings. The van der Waals surface area contributed by atoms with Crippen LogP contribution in [0.3, 0.4) is 0 Å². The van der Waals surface area contributed by atoms with E-state index in [1.54, 1.807) is 0 Å². The van der Waals surface area contributed by atoms with Gasteiger partial charge in [-0.05, 0) is 113 Å². The molecule has 9 rings (SSSR count). The first kappa shape index (κ1) is 38.4. The van der Waals surface area contributed by atoms with E-state index in [1.807, 2.05) is 23.9 Å². The van der Waals surface area contributed by atoms with Gasteiger partial charge >= 0.3 is 21.1 Å². The first-order valence-electron chi connectivity index (χ1n) is 19.4. The predicted octanol–water partition coefficient (Wildman–Crippen LogP) is 12.6. The van der Waals surface area contributed by atoms with Crippen LogP contribution in [0.1, 0.15) is 71.1 Å².